The first-order valence-electron chi connectivity index (χ1n) is 9.26. The number of carbonyl (C=O) groups excluding carboxylic acids is 2. The van der Waals surface area contributed by atoms with Crippen LogP contribution in [0.2, 0.25) is 0 Å². The van der Waals surface area contributed by atoms with E-state index in [0.29, 0.717) is 37.4 Å². The summed E-state index contributed by atoms with van der Waals surface area (Å²) in [6.45, 7) is 4.05. The molecule has 8 heteroatoms. The number of nitrogens with one attached hydrogen (secondary N) is 2. The van der Waals surface area contributed by atoms with E-state index < -0.39 is 0 Å². The third-order valence-corrected chi connectivity index (χ3v) is 5.24. The van der Waals surface area contributed by atoms with Crippen molar-refractivity contribution in [2.24, 2.45) is 5.92 Å². The van der Waals surface area contributed by atoms with E-state index in [0.717, 1.165) is 25.0 Å². The highest BCUT2D eigenvalue weighted by atomic mass is 16.2. The minimum absolute atomic E-state index is 0.00674. The monoisotopic (exact) mass is 356 g/mol. The lowest BCUT2D eigenvalue weighted by Gasteiger charge is -2.33. The van der Waals surface area contributed by atoms with Gasteiger partial charge in [-0.25, -0.2) is 9.50 Å². The van der Waals surface area contributed by atoms with Crippen LogP contribution < -0.4 is 10.6 Å². The second-order valence-electron chi connectivity index (χ2n) is 7.12. The van der Waals surface area contributed by atoms with Crippen molar-refractivity contribution in [3.05, 3.63) is 24.2 Å². The van der Waals surface area contributed by atoms with E-state index in [9.17, 15) is 9.59 Å². The molecule has 1 atom stereocenters. The van der Waals surface area contributed by atoms with Gasteiger partial charge in [0, 0.05) is 19.0 Å². The number of piperidine rings is 1. The van der Waals surface area contributed by atoms with Crippen molar-refractivity contribution in [2.45, 2.75) is 38.6 Å². The Hall–Kier alpha value is -2.48. The fraction of sp³-hybridized carbons (Fsp3) is 0.556. The van der Waals surface area contributed by atoms with Gasteiger partial charge in [-0.1, -0.05) is 0 Å². The van der Waals surface area contributed by atoms with Crippen LogP contribution in [-0.2, 0) is 9.59 Å². The van der Waals surface area contributed by atoms with Crippen molar-refractivity contribution in [1.29, 1.82) is 0 Å². The third-order valence-electron chi connectivity index (χ3n) is 5.24. The molecule has 2 saturated heterocycles. The maximum atomic E-state index is 12.6. The fourth-order valence-corrected chi connectivity index (χ4v) is 3.79. The Bertz CT molecular complexity index is 818. The molecule has 2 aromatic rings. The van der Waals surface area contributed by atoms with Gasteiger partial charge in [-0.3, -0.25) is 9.59 Å². The highest BCUT2D eigenvalue weighted by Crippen LogP contribution is 2.21. The van der Waals surface area contributed by atoms with Crippen LogP contribution in [0.1, 0.15) is 31.5 Å². The van der Waals surface area contributed by atoms with Crippen LogP contribution in [-0.4, -0.2) is 57.0 Å². The molecule has 138 valence electrons. The standard InChI is InChI=1S/C18H24N6O2/c1-12-20-16-5-4-14(11-24(16)22-12)21-17(25)13-6-9-23(10-7-13)18(26)15-3-2-8-19-15/h4-5,11,13,15,19H,2-3,6-10H2,1H3,(H,21,25)/t15-/m0/s1. The highest BCUT2D eigenvalue weighted by molar-refractivity contribution is 5.92. The molecule has 0 unspecified atom stereocenters. The van der Waals surface area contributed by atoms with Crippen LogP contribution in [0.25, 0.3) is 5.65 Å². The SMILES string of the molecule is Cc1nc2ccc(NC(=O)C3CCN(C(=O)[C@@H]4CCCN4)CC3)cn2n1. The molecule has 2 N–H and O–H groups in total. The summed E-state index contributed by atoms with van der Waals surface area (Å²) in [5.41, 5.74) is 1.47. The molecule has 0 radical (unpaired) electrons. The summed E-state index contributed by atoms with van der Waals surface area (Å²) < 4.78 is 1.67. The van der Waals surface area contributed by atoms with E-state index in [4.69, 9.17) is 0 Å². The van der Waals surface area contributed by atoms with Gasteiger partial charge in [-0.2, -0.15) is 5.10 Å². The largest absolute Gasteiger partial charge is 0.341 e. The summed E-state index contributed by atoms with van der Waals surface area (Å²) in [5, 5.41) is 10.5. The average molecular weight is 356 g/mol. The summed E-state index contributed by atoms with van der Waals surface area (Å²) in [7, 11) is 0. The van der Waals surface area contributed by atoms with Crippen LogP contribution in [0, 0.1) is 12.8 Å². The summed E-state index contributed by atoms with van der Waals surface area (Å²) in [4.78, 5) is 31.2. The van der Waals surface area contributed by atoms with E-state index in [2.05, 4.69) is 20.7 Å². The number of aryl methyl sites for hydroxylation is 1. The molecule has 2 fully saturated rings. The minimum atomic E-state index is -0.0660. The molecule has 2 aliphatic rings. The molecule has 2 aliphatic heterocycles. The van der Waals surface area contributed by atoms with E-state index in [1.54, 1.807) is 10.7 Å². The van der Waals surface area contributed by atoms with Gasteiger partial charge in [0.05, 0.1) is 17.9 Å². The fourth-order valence-electron chi connectivity index (χ4n) is 3.79. The molecule has 2 aromatic heterocycles. The first kappa shape index (κ1) is 17.0. The van der Waals surface area contributed by atoms with Gasteiger partial charge in [0.1, 0.15) is 5.82 Å². The molecule has 0 aromatic carbocycles. The molecular weight excluding hydrogens is 332 g/mol. The summed E-state index contributed by atoms with van der Waals surface area (Å²) >= 11 is 0. The maximum Gasteiger partial charge on any atom is 0.239 e. The number of nitrogens with zero attached hydrogens (tertiary/aromatic N) is 4. The first-order valence-corrected chi connectivity index (χ1v) is 9.26. The topological polar surface area (TPSA) is 91.6 Å². The van der Waals surface area contributed by atoms with Crippen LogP contribution in [0.3, 0.4) is 0 Å². The van der Waals surface area contributed by atoms with Gasteiger partial charge in [-0.05, 0) is 51.3 Å². The molecule has 0 bridgehead atoms. The number of anilines is 1. The molecule has 4 heterocycles. The smallest absolute Gasteiger partial charge is 0.239 e. The van der Waals surface area contributed by atoms with E-state index in [-0.39, 0.29) is 23.8 Å². The normalized spacial score (nSPS) is 21.3. The number of likely N-dealkylation sites (tertiary alicyclic amines) is 1. The number of hydrogen-bond acceptors (Lipinski definition) is 5. The van der Waals surface area contributed by atoms with Gasteiger partial charge in [-0.15, -0.1) is 0 Å². The highest BCUT2D eigenvalue weighted by Gasteiger charge is 2.31. The number of rotatable bonds is 3. The predicted octanol–water partition coefficient (Wildman–Crippen LogP) is 0.967. The van der Waals surface area contributed by atoms with Gasteiger partial charge in [0.25, 0.3) is 0 Å². The van der Waals surface area contributed by atoms with E-state index in [1.807, 2.05) is 24.0 Å². The zero-order valence-electron chi connectivity index (χ0n) is 14.9. The second-order valence-corrected chi connectivity index (χ2v) is 7.12. The van der Waals surface area contributed by atoms with E-state index >= 15 is 0 Å². The first-order chi connectivity index (χ1) is 12.6. The number of aromatic nitrogens is 3. The summed E-state index contributed by atoms with van der Waals surface area (Å²) in [6.07, 6.45) is 5.16. The van der Waals surface area contributed by atoms with E-state index in [1.165, 1.54) is 0 Å². The molecular formula is C18H24N6O2. The lowest BCUT2D eigenvalue weighted by molar-refractivity contribution is -0.136. The van der Waals surface area contributed by atoms with Crippen LogP contribution in [0.5, 0.6) is 0 Å². The van der Waals surface area contributed by atoms with Crippen molar-refractivity contribution < 1.29 is 9.59 Å². The number of carbonyl (C=O) groups is 2. The summed E-state index contributed by atoms with van der Waals surface area (Å²) in [5.74, 6) is 0.826. The average Bonchev–Trinajstić information content (AvgIpc) is 3.29. The molecule has 0 saturated carbocycles. The second kappa shape index (κ2) is 7.03. The lowest BCUT2D eigenvalue weighted by atomic mass is 9.95. The molecule has 0 spiro atoms. The van der Waals surface area contributed by atoms with Crippen molar-refractivity contribution in [3.63, 3.8) is 0 Å². The zero-order chi connectivity index (χ0) is 18.1. The maximum absolute atomic E-state index is 12.6. The Morgan fingerprint density at radius 3 is 2.77 bits per heavy atom. The minimum Gasteiger partial charge on any atom is -0.341 e. The number of amides is 2. The van der Waals surface area contributed by atoms with Crippen LogP contribution in [0.4, 0.5) is 5.69 Å². The molecule has 0 aliphatic carbocycles. The molecule has 26 heavy (non-hydrogen) atoms. The number of pyridine rings is 1. The number of fused-ring (bicyclic) bond motifs is 1. The Morgan fingerprint density at radius 1 is 1.23 bits per heavy atom. The molecule has 4 rings (SSSR count). The Labute approximate surface area is 152 Å². The zero-order valence-corrected chi connectivity index (χ0v) is 14.9. The third kappa shape index (κ3) is 3.41. The lowest BCUT2D eigenvalue weighted by Crippen LogP contribution is -2.48. The van der Waals surface area contributed by atoms with Crippen LogP contribution >= 0.6 is 0 Å². The number of hydrogen-bond donors (Lipinski definition) is 2. The Morgan fingerprint density at radius 2 is 2.04 bits per heavy atom. The van der Waals surface area contributed by atoms with Crippen molar-refractivity contribution >= 4 is 23.1 Å². The summed E-state index contributed by atoms with van der Waals surface area (Å²) in [6, 6.07) is 3.65. The van der Waals surface area contributed by atoms with Crippen molar-refractivity contribution in [3.8, 4) is 0 Å². The van der Waals surface area contributed by atoms with Gasteiger partial charge >= 0.3 is 0 Å². The Balaban J connectivity index is 1.33. The van der Waals surface area contributed by atoms with Crippen molar-refractivity contribution in [1.82, 2.24) is 24.8 Å². The Kier molecular flexibility index (Phi) is 4.58. The molecule has 8 nitrogen and oxygen atoms in total. The van der Waals surface area contributed by atoms with Crippen molar-refractivity contribution in [2.75, 3.05) is 25.0 Å². The predicted molar refractivity (Wildman–Crippen MR) is 96.7 cm³/mol. The molecule has 2 amide bonds. The van der Waals surface area contributed by atoms with Gasteiger partial charge in [0.15, 0.2) is 5.65 Å². The quantitative estimate of drug-likeness (QED) is 0.855. The van der Waals surface area contributed by atoms with Gasteiger partial charge < -0.3 is 15.5 Å². The van der Waals surface area contributed by atoms with Gasteiger partial charge in [0.2, 0.25) is 11.8 Å². The van der Waals surface area contributed by atoms with Crippen LogP contribution in [0.15, 0.2) is 18.3 Å².